The highest BCUT2D eigenvalue weighted by molar-refractivity contribution is 5.87. The standard InChI is InChI=1S/C16H22FNO3/c1-10(2)6-14(18)15(19)9-12(16(20)21)7-11-4-3-5-13(17)8-11/h3-5,8,10,12,14H,6-7,9,18H2,1-2H3,(H,20,21)/t12-,14-/m0/s1. The molecule has 116 valence electrons. The van der Waals surface area contributed by atoms with Gasteiger partial charge < -0.3 is 10.8 Å². The zero-order valence-corrected chi connectivity index (χ0v) is 12.4. The van der Waals surface area contributed by atoms with E-state index in [0.29, 0.717) is 12.0 Å². The maximum absolute atomic E-state index is 13.1. The van der Waals surface area contributed by atoms with Crippen molar-refractivity contribution < 1.29 is 19.1 Å². The van der Waals surface area contributed by atoms with Gasteiger partial charge in [0.15, 0.2) is 0 Å². The van der Waals surface area contributed by atoms with E-state index in [-0.39, 0.29) is 24.5 Å². The Kier molecular flexibility index (Phi) is 6.49. The van der Waals surface area contributed by atoms with Gasteiger partial charge in [0.05, 0.1) is 12.0 Å². The SMILES string of the molecule is CC(C)C[C@H](N)C(=O)C[C@H](Cc1cccc(F)c1)C(=O)O. The Hall–Kier alpha value is -1.75. The molecule has 0 amide bonds. The van der Waals surface area contributed by atoms with Crippen LogP contribution in [-0.4, -0.2) is 22.9 Å². The van der Waals surface area contributed by atoms with E-state index in [4.69, 9.17) is 5.73 Å². The predicted octanol–water partition coefficient (Wildman–Crippen LogP) is 2.40. The van der Waals surface area contributed by atoms with Crippen LogP contribution in [0.5, 0.6) is 0 Å². The van der Waals surface area contributed by atoms with Gasteiger partial charge in [-0.3, -0.25) is 9.59 Å². The quantitative estimate of drug-likeness (QED) is 0.771. The summed E-state index contributed by atoms with van der Waals surface area (Å²) in [7, 11) is 0. The number of rotatable bonds is 8. The lowest BCUT2D eigenvalue weighted by Gasteiger charge is -2.16. The van der Waals surface area contributed by atoms with Crippen LogP contribution in [0.1, 0.15) is 32.3 Å². The van der Waals surface area contributed by atoms with E-state index >= 15 is 0 Å². The Labute approximate surface area is 124 Å². The van der Waals surface area contributed by atoms with Crippen LogP contribution < -0.4 is 5.73 Å². The molecule has 0 aliphatic carbocycles. The summed E-state index contributed by atoms with van der Waals surface area (Å²) in [6, 6.07) is 5.12. The summed E-state index contributed by atoms with van der Waals surface area (Å²) in [6.45, 7) is 3.91. The van der Waals surface area contributed by atoms with Gasteiger partial charge in [0.25, 0.3) is 0 Å². The van der Waals surface area contributed by atoms with E-state index in [9.17, 15) is 19.1 Å². The van der Waals surface area contributed by atoms with Crippen molar-refractivity contribution in [3.8, 4) is 0 Å². The van der Waals surface area contributed by atoms with Gasteiger partial charge in [0.2, 0.25) is 0 Å². The lowest BCUT2D eigenvalue weighted by molar-refractivity contribution is -0.143. The predicted molar refractivity (Wildman–Crippen MR) is 78.3 cm³/mol. The Balaban J connectivity index is 2.70. The van der Waals surface area contributed by atoms with Crippen LogP contribution in [0.2, 0.25) is 0 Å². The minimum Gasteiger partial charge on any atom is -0.481 e. The number of carbonyl (C=O) groups is 2. The van der Waals surface area contributed by atoms with Gasteiger partial charge in [0.1, 0.15) is 11.6 Å². The molecule has 0 saturated carbocycles. The van der Waals surface area contributed by atoms with Crippen molar-refractivity contribution in [3.63, 3.8) is 0 Å². The van der Waals surface area contributed by atoms with Crippen LogP contribution in [0.15, 0.2) is 24.3 Å². The van der Waals surface area contributed by atoms with Gasteiger partial charge in [-0.2, -0.15) is 0 Å². The molecule has 1 aromatic carbocycles. The van der Waals surface area contributed by atoms with E-state index in [2.05, 4.69) is 0 Å². The number of carbonyl (C=O) groups excluding carboxylic acids is 1. The van der Waals surface area contributed by atoms with Crippen molar-refractivity contribution in [1.82, 2.24) is 0 Å². The van der Waals surface area contributed by atoms with Crippen molar-refractivity contribution in [1.29, 1.82) is 0 Å². The zero-order chi connectivity index (χ0) is 16.0. The van der Waals surface area contributed by atoms with Crippen molar-refractivity contribution in [2.45, 2.75) is 39.2 Å². The second-order valence-electron chi connectivity index (χ2n) is 5.78. The fourth-order valence-corrected chi connectivity index (χ4v) is 2.23. The number of halogens is 1. The molecule has 0 spiro atoms. The third kappa shape index (κ3) is 6.04. The number of nitrogens with two attached hydrogens (primary N) is 1. The first-order valence-corrected chi connectivity index (χ1v) is 7.05. The normalized spacial score (nSPS) is 14.0. The van der Waals surface area contributed by atoms with Crippen molar-refractivity contribution in [3.05, 3.63) is 35.6 Å². The van der Waals surface area contributed by atoms with E-state index in [0.717, 1.165) is 0 Å². The van der Waals surface area contributed by atoms with E-state index in [1.54, 1.807) is 6.07 Å². The van der Waals surface area contributed by atoms with E-state index in [1.165, 1.54) is 18.2 Å². The van der Waals surface area contributed by atoms with E-state index in [1.807, 2.05) is 13.8 Å². The Morgan fingerprint density at radius 3 is 2.52 bits per heavy atom. The summed E-state index contributed by atoms with van der Waals surface area (Å²) in [4.78, 5) is 23.3. The summed E-state index contributed by atoms with van der Waals surface area (Å²) >= 11 is 0. The molecule has 0 aliphatic heterocycles. The van der Waals surface area contributed by atoms with Crippen molar-refractivity contribution in [2.75, 3.05) is 0 Å². The molecule has 0 aliphatic rings. The van der Waals surface area contributed by atoms with Crippen molar-refractivity contribution in [2.24, 2.45) is 17.6 Å². The minimum absolute atomic E-state index is 0.118. The Morgan fingerprint density at radius 2 is 2.00 bits per heavy atom. The van der Waals surface area contributed by atoms with Crippen LogP contribution >= 0.6 is 0 Å². The summed E-state index contributed by atoms with van der Waals surface area (Å²) in [5, 5.41) is 9.23. The van der Waals surface area contributed by atoms with Crippen LogP contribution in [-0.2, 0) is 16.0 Å². The zero-order valence-electron chi connectivity index (χ0n) is 12.4. The summed E-state index contributed by atoms with van der Waals surface area (Å²) < 4.78 is 13.1. The molecule has 0 heterocycles. The van der Waals surface area contributed by atoms with Gasteiger partial charge in [-0.1, -0.05) is 26.0 Å². The number of aliphatic carboxylic acids is 1. The minimum atomic E-state index is -1.07. The van der Waals surface area contributed by atoms with Crippen LogP contribution in [0.25, 0.3) is 0 Å². The van der Waals surface area contributed by atoms with Crippen LogP contribution in [0.3, 0.4) is 0 Å². The molecule has 0 aromatic heterocycles. The highest BCUT2D eigenvalue weighted by atomic mass is 19.1. The number of Topliss-reactive ketones (excluding diaryl/α,β-unsaturated/α-hetero) is 1. The van der Waals surface area contributed by atoms with E-state index < -0.39 is 23.7 Å². The van der Waals surface area contributed by atoms with Gasteiger partial charge in [-0.15, -0.1) is 0 Å². The first-order chi connectivity index (χ1) is 9.79. The largest absolute Gasteiger partial charge is 0.481 e. The molecule has 0 radical (unpaired) electrons. The molecule has 1 rings (SSSR count). The van der Waals surface area contributed by atoms with Crippen LogP contribution in [0, 0.1) is 17.7 Å². The second-order valence-corrected chi connectivity index (χ2v) is 5.78. The second kappa shape index (κ2) is 7.88. The van der Waals surface area contributed by atoms with Crippen LogP contribution in [0.4, 0.5) is 4.39 Å². The molecular weight excluding hydrogens is 273 g/mol. The fourth-order valence-electron chi connectivity index (χ4n) is 2.23. The molecule has 3 N–H and O–H groups in total. The first-order valence-electron chi connectivity index (χ1n) is 7.05. The molecule has 5 heteroatoms. The number of benzene rings is 1. The van der Waals surface area contributed by atoms with Gasteiger partial charge in [-0.05, 0) is 36.5 Å². The van der Waals surface area contributed by atoms with Gasteiger partial charge in [-0.25, -0.2) is 4.39 Å². The molecular formula is C16H22FNO3. The lowest BCUT2D eigenvalue weighted by atomic mass is 9.90. The summed E-state index contributed by atoms with van der Waals surface area (Å²) in [5.74, 6) is -2.34. The molecule has 1 aromatic rings. The average Bonchev–Trinajstić information content (AvgIpc) is 2.36. The molecule has 4 nitrogen and oxygen atoms in total. The molecule has 0 bridgehead atoms. The molecule has 0 saturated heterocycles. The van der Waals surface area contributed by atoms with Gasteiger partial charge >= 0.3 is 5.97 Å². The highest BCUT2D eigenvalue weighted by Gasteiger charge is 2.25. The Bertz CT molecular complexity index is 502. The monoisotopic (exact) mass is 295 g/mol. The lowest BCUT2D eigenvalue weighted by Crippen LogP contribution is -2.34. The molecule has 21 heavy (non-hydrogen) atoms. The van der Waals surface area contributed by atoms with Gasteiger partial charge in [0, 0.05) is 6.42 Å². The number of hydrogen-bond donors (Lipinski definition) is 2. The Morgan fingerprint density at radius 1 is 1.33 bits per heavy atom. The summed E-state index contributed by atoms with van der Waals surface area (Å²) in [5.41, 5.74) is 6.34. The average molecular weight is 295 g/mol. The maximum atomic E-state index is 13.1. The first kappa shape index (κ1) is 17.3. The number of ketones is 1. The molecule has 0 fully saturated rings. The smallest absolute Gasteiger partial charge is 0.307 e. The molecule has 0 unspecified atom stereocenters. The third-order valence-electron chi connectivity index (χ3n) is 3.31. The fraction of sp³-hybridized carbons (Fsp3) is 0.500. The topological polar surface area (TPSA) is 80.4 Å². The molecule has 2 atom stereocenters. The highest BCUT2D eigenvalue weighted by Crippen LogP contribution is 2.16. The maximum Gasteiger partial charge on any atom is 0.307 e. The third-order valence-corrected chi connectivity index (χ3v) is 3.31. The van der Waals surface area contributed by atoms with Crippen molar-refractivity contribution >= 4 is 11.8 Å². The number of hydrogen-bond acceptors (Lipinski definition) is 3. The number of carboxylic acids is 1. The number of carboxylic acid groups (broad SMARTS) is 1. The summed E-state index contributed by atoms with van der Waals surface area (Å²) in [6.07, 6.45) is 0.526.